The van der Waals surface area contributed by atoms with E-state index in [4.69, 9.17) is 0 Å². The van der Waals surface area contributed by atoms with Gasteiger partial charge in [-0.3, -0.25) is 0 Å². The molecule has 0 radical (unpaired) electrons. The highest BCUT2D eigenvalue weighted by Crippen LogP contribution is 2.14. The maximum atomic E-state index is 4.00. The van der Waals surface area contributed by atoms with Crippen molar-refractivity contribution in [3.05, 3.63) is 0 Å². The second-order valence-corrected chi connectivity index (χ2v) is 2.97. The first-order valence-corrected chi connectivity index (χ1v) is 8.42. The van der Waals surface area contributed by atoms with Crippen molar-refractivity contribution >= 4 is 0 Å². The maximum Gasteiger partial charge on any atom is 0.00668 e. The van der Waals surface area contributed by atoms with Gasteiger partial charge in [0.2, 0.25) is 0 Å². The zero-order valence-electron chi connectivity index (χ0n) is 15.7. The van der Waals surface area contributed by atoms with Gasteiger partial charge in [-0.2, -0.15) is 0 Å². The van der Waals surface area contributed by atoms with E-state index >= 15 is 0 Å². The average Bonchev–Trinajstić information content (AvgIpc) is 2.57. The largest absolute Gasteiger partial charge is 0.301 e. The molecule has 120 valence electrons. The van der Waals surface area contributed by atoms with Crippen molar-refractivity contribution in [2.24, 2.45) is 0 Å². The van der Waals surface area contributed by atoms with Gasteiger partial charge in [0.15, 0.2) is 0 Å². The molecule has 1 unspecified atom stereocenters. The van der Waals surface area contributed by atoms with E-state index in [9.17, 15) is 0 Å². The van der Waals surface area contributed by atoms with E-state index in [0.29, 0.717) is 0 Å². The van der Waals surface area contributed by atoms with Gasteiger partial charge in [0.25, 0.3) is 0 Å². The molecule has 1 rings (SSSR count). The van der Waals surface area contributed by atoms with E-state index in [1.807, 2.05) is 55.4 Å². The topological polar surface area (TPSA) is 3.24 Å². The minimum absolute atomic E-state index is 0.851. The summed E-state index contributed by atoms with van der Waals surface area (Å²) >= 11 is 0. The summed E-state index contributed by atoms with van der Waals surface area (Å²) in [5.74, 6) is 0. The van der Waals surface area contributed by atoms with Gasteiger partial charge in [-0.15, -0.1) is 12.8 Å². The van der Waals surface area contributed by atoms with E-state index in [2.05, 4.69) is 31.6 Å². The van der Waals surface area contributed by atoms with Crippen LogP contribution in [0.3, 0.4) is 0 Å². The van der Waals surface area contributed by atoms with E-state index in [-0.39, 0.29) is 0 Å². The zero-order chi connectivity index (χ0) is 16.7. The molecule has 1 atom stereocenters. The summed E-state index contributed by atoms with van der Waals surface area (Å²) in [5.41, 5.74) is 0. The summed E-state index contributed by atoms with van der Waals surface area (Å²) in [4.78, 5) is 2.56. The summed E-state index contributed by atoms with van der Waals surface area (Å²) in [6.07, 6.45) is 12.3. The Morgan fingerprint density at radius 1 is 0.842 bits per heavy atom. The smallest absolute Gasteiger partial charge is 0.00668 e. The van der Waals surface area contributed by atoms with Crippen molar-refractivity contribution in [3.63, 3.8) is 0 Å². The van der Waals surface area contributed by atoms with Crippen LogP contribution in [0.2, 0.25) is 0 Å². The summed E-state index contributed by atoms with van der Waals surface area (Å²) < 4.78 is 0. The molecule has 0 aromatic rings. The van der Waals surface area contributed by atoms with Crippen molar-refractivity contribution in [3.8, 4) is 12.8 Å². The number of terminal acetylenes is 1. The van der Waals surface area contributed by atoms with Crippen LogP contribution in [0, 0.1) is 12.8 Å². The van der Waals surface area contributed by atoms with Crippen molar-refractivity contribution in [2.75, 3.05) is 13.1 Å². The van der Waals surface area contributed by atoms with Gasteiger partial charge >= 0.3 is 0 Å². The molecule has 1 nitrogen and oxygen atoms in total. The Morgan fingerprint density at radius 2 is 1.21 bits per heavy atom. The number of rotatable bonds is 1. The molecule has 0 aromatic carbocycles. The van der Waals surface area contributed by atoms with Gasteiger partial charge in [-0.25, -0.2) is 0 Å². The molecule has 0 N–H and O–H groups in total. The third-order valence-electron chi connectivity index (χ3n) is 2.35. The number of piperidine rings is 1. The van der Waals surface area contributed by atoms with Gasteiger partial charge in [-0.05, 0) is 32.9 Å². The minimum Gasteiger partial charge on any atom is -0.301 e. The lowest BCUT2D eigenvalue weighted by Gasteiger charge is -2.31. The predicted octanol–water partition coefficient (Wildman–Crippen LogP) is 6.23. The fourth-order valence-corrected chi connectivity index (χ4v) is 1.63. The summed E-state index contributed by atoms with van der Waals surface area (Å²) in [6.45, 7) is 23.2. The van der Waals surface area contributed by atoms with Gasteiger partial charge in [0.1, 0.15) is 0 Å². The Hall–Kier alpha value is -0.480. The first-order chi connectivity index (χ1) is 9.34. The fourth-order valence-electron chi connectivity index (χ4n) is 1.63. The quantitative estimate of drug-likeness (QED) is 0.511. The molecule has 0 saturated carbocycles. The highest BCUT2D eigenvalue weighted by atomic mass is 15.1. The SMILES string of the molecule is C#C.CC.CC.CC.CC.CCN1CCCCC1C. The normalized spacial score (nSPS) is 15.9. The summed E-state index contributed by atoms with van der Waals surface area (Å²) in [5, 5.41) is 0. The molecule has 0 bridgehead atoms. The van der Waals surface area contributed by atoms with Gasteiger partial charge in [-0.1, -0.05) is 68.7 Å². The zero-order valence-corrected chi connectivity index (χ0v) is 15.7. The number of hydrogen-bond donors (Lipinski definition) is 0. The lowest BCUT2D eigenvalue weighted by Crippen LogP contribution is -2.36. The lowest BCUT2D eigenvalue weighted by atomic mass is 10.0. The molecular formula is C18H43N. The standard InChI is InChI=1S/C8H17N.4C2H6.C2H2/c1-3-9-7-5-4-6-8(9)2;5*1-2/h8H,3-7H2,1-2H3;4*1-2H3;1-2H. The predicted molar refractivity (Wildman–Crippen MR) is 95.8 cm³/mol. The van der Waals surface area contributed by atoms with Crippen LogP contribution in [0.4, 0.5) is 0 Å². The minimum atomic E-state index is 0.851. The van der Waals surface area contributed by atoms with E-state index in [0.717, 1.165) is 6.04 Å². The second-order valence-electron chi connectivity index (χ2n) is 2.97. The highest BCUT2D eigenvalue weighted by Gasteiger charge is 2.14. The Kier molecular flexibility index (Phi) is 70.7. The molecule has 1 fully saturated rings. The summed E-state index contributed by atoms with van der Waals surface area (Å²) in [6, 6.07) is 0.851. The Balaban J connectivity index is -0.0000000557. The molecule has 1 heterocycles. The number of nitrogens with zero attached hydrogens (tertiary/aromatic N) is 1. The van der Waals surface area contributed by atoms with Gasteiger partial charge in [0, 0.05) is 6.04 Å². The van der Waals surface area contributed by atoms with Crippen LogP contribution in [0.25, 0.3) is 0 Å². The maximum absolute atomic E-state index is 4.00. The third-order valence-corrected chi connectivity index (χ3v) is 2.35. The summed E-state index contributed by atoms with van der Waals surface area (Å²) in [7, 11) is 0. The van der Waals surface area contributed by atoms with Crippen LogP contribution in [0.5, 0.6) is 0 Å². The van der Waals surface area contributed by atoms with Crippen molar-refractivity contribution in [1.82, 2.24) is 4.90 Å². The average molecular weight is 274 g/mol. The van der Waals surface area contributed by atoms with Crippen LogP contribution >= 0.6 is 0 Å². The monoisotopic (exact) mass is 273 g/mol. The van der Waals surface area contributed by atoms with E-state index < -0.39 is 0 Å². The molecular weight excluding hydrogens is 230 g/mol. The van der Waals surface area contributed by atoms with Crippen LogP contribution < -0.4 is 0 Å². The molecule has 0 amide bonds. The Labute approximate surface area is 126 Å². The van der Waals surface area contributed by atoms with Crippen molar-refractivity contribution in [1.29, 1.82) is 0 Å². The van der Waals surface area contributed by atoms with Crippen LogP contribution in [0.1, 0.15) is 88.5 Å². The van der Waals surface area contributed by atoms with Crippen LogP contribution in [0.15, 0.2) is 0 Å². The third kappa shape index (κ3) is 26.9. The van der Waals surface area contributed by atoms with E-state index in [1.54, 1.807) is 0 Å². The van der Waals surface area contributed by atoms with Crippen molar-refractivity contribution < 1.29 is 0 Å². The van der Waals surface area contributed by atoms with Crippen LogP contribution in [-0.2, 0) is 0 Å². The molecule has 19 heavy (non-hydrogen) atoms. The molecule has 1 aliphatic heterocycles. The van der Waals surface area contributed by atoms with E-state index in [1.165, 1.54) is 32.4 Å². The second kappa shape index (κ2) is 43.2. The molecule has 0 spiro atoms. The first kappa shape index (κ1) is 31.1. The number of hydrogen-bond acceptors (Lipinski definition) is 1. The molecule has 0 aromatic heterocycles. The van der Waals surface area contributed by atoms with Crippen molar-refractivity contribution in [2.45, 2.75) is 94.5 Å². The lowest BCUT2D eigenvalue weighted by molar-refractivity contribution is 0.169. The first-order valence-electron chi connectivity index (χ1n) is 8.42. The molecule has 0 aliphatic carbocycles. The van der Waals surface area contributed by atoms with Gasteiger partial charge in [0.05, 0.1) is 0 Å². The number of likely N-dealkylation sites (tertiary alicyclic amines) is 1. The van der Waals surface area contributed by atoms with Gasteiger partial charge < -0.3 is 4.90 Å². The fraction of sp³-hybridized carbons (Fsp3) is 0.889. The molecule has 1 saturated heterocycles. The highest BCUT2D eigenvalue weighted by molar-refractivity contribution is 4.70. The Morgan fingerprint density at radius 3 is 1.42 bits per heavy atom. The Bertz CT molecular complexity index is 108. The molecule has 1 aliphatic rings. The molecule has 1 heteroatoms. The van der Waals surface area contributed by atoms with Crippen LogP contribution in [-0.4, -0.2) is 24.0 Å².